The minimum absolute atomic E-state index is 0.00407. The van der Waals surface area contributed by atoms with Gasteiger partial charge >= 0.3 is 0 Å². The van der Waals surface area contributed by atoms with Crippen molar-refractivity contribution in [1.82, 2.24) is 10.6 Å². The molecule has 3 aromatic carbocycles. The minimum atomic E-state index is -0.396. The van der Waals surface area contributed by atoms with Crippen molar-refractivity contribution in [2.24, 2.45) is 0 Å². The molecule has 0 aliphatic rings. The van der Waals surface area contributed by atoms with E-state index in [4.69, 9.17) is 17.0 Å². The molecule has 0 heterocycles. The molecule has 33 heavy (non-hydrogen) atoms. The van der Waals surface area contributed by atoms with Gasteiger partial charge in [-0.25, -0.2) is 0 Å². The lowest BCUT2D eigenvalue weighted by Crippen LogP contribution is -2.35. The van der Waals surface area contributed by atoms with Crippen molar-refractivity contribution >= 4 is 34.8 Å². The van der Waals surface area contributed by atoms with Crippen LogP contribution in [0.3, 0.4) is 0 Å². The van der Waals surface area contributed by atoms with Gasteiger partial charge in [-0.15, -0.1) is 0 Å². The smallest absolute Gasteiger partial charge is 0.261 e. The Kier molecular flexibility index (Phi) is 8.55. The molecule has 0 atom stereocenters. The Morgan fingerprint density at radius 2 is 1.48 bits per heavy atom. The highest BCUT2D eigenvalue weighted by molar-refractivity contribution is 7.80. The third-order valence-corrected chi connectivity index (χ3v) is 4.89. The molecular formula is C26H27N3O3S. The molecule has 7 heteroatoms. The van der Waals surface area contributed by atoms with Crippen LogP contribution in [0.4, 0.5) is 5.69 Å². The fourth-order valence-corrected chi connectivity index (χ4v) is 3.36. The molecule has 0 bridgehead atoms. The molecular weight excluding hydrogens is 434 g/mol. The summed E-state index contributed by atoms with van der Waals surface area (Å²) < 4.78 is 5.87. The molecule has 6 nitrogen and oxygen atoms in total. The van der Waals surface area contributed by atoms with Crippen LogP contribution in [0.1, 0.15) is 40.1 Å². The van der Waals surface area contributed by atoms with Crippen LogP contribution in [0.5, 0.6) is 5.75 Å². The van der Waals surface area contributed by atoms with Gasteiger partial charge in [0, 0.05) is 12.5 Å². The number of benzene rings is 3. The first-order valence-electron chi connectivity index (χ1n) is 10.7. The Labute approximate surface area is 199 Å². The van der Waals surface area contributed by atoms with Crippen LogP contribution in [0.2, 0.25) is 0 Å². The number of carbonyl (C=O) groups excluding carboxylic acids is 2. The van der Waals surface area contributed by atoms with Gasteiger partial charge in [0.05, 0.1) is 23.4 Å². The molecule has 0 aromatic heterocycles. The number of para-hydroxylation sites is 2. The van der Waals surface area contributed by atoms with Crippen LogP contribution < -0.4 is 20.7 Å². The molecule has 0 aliphatic carbocycles. The van der Waals surface area contributed by atoms with Crippen LogP contribution in [0.15, 0.2) is 78.9 Å². The third kappa shape index (κ3) is 7.15. The number of carbonyl (C=O) groups is 2. The summed E-state index contributed by atoms with van der Waals surface area (Å²) in [7, 11) is 0. The first kappa shape index (κ1) is 23.9. The lowest BCUT2D eigenvalue weighted by molar-refractivity contribution is 0.0942. The number of anilines is 1. The predicted octanol–water partition coefficient (Wildman–Crippen LogP) is 4.57. The predicted molar refractivity (Wildman–Crippen MR) is 135 cm³/mol. The van der Waals surface area contributed by atoms with Gasteiger partial charge in [-0.2, -0.15) is 0 Å². The molecule has 0 saturated carbocycles. The number of nitrogens with one attached hydrogen (secondary N) is 3. The molecule has 2 amide bonds. The van der Waals surface area contributed by atoms with E-state index in [-0.39, 0.29) is 17.1 Å². The molecule has 0 radical (unpaired) electrons. The van der Waals surface area contributed by atoms with Crippen molar-refractivity contribution in [2.75, 3.05) is 11.9 Å². The SMILES string of the molecule is CC(C)NC(=O)c1ccccc1NC(=S)NC(=O)c1ccccc1OCCc1ccccc1. The molecule has 170 valence electrons. The fraction of sp³-hybridized carbons (Fsp3) is 0.192. The molecule has 3 N–H and O–H groups in total. The van der Waals surface area contributed by atoms with E-state index in [0.29, 0.717) is 29.2 Å². The highest BCUT2D eigenvalue weighted by atomic mass is 32.1. The lowest BCUT2D eigenvalue weighted by atomic mass is 10.1. The maximum absolute atomic E-state index is 12.9. The zero-order valence-electron chi connectivity index (χ0n) is 18.6. The largest absolute Gasteiger partial charge is 0.492 e. The molecule has 0 aliphatic heterocycles. The number of hydrogen-bond acceptors (Lipinski definition) is 4. The Morgan fingerprint density at radius 3 is 2.21 bits per heavy atom. The van der Waals surface area contributed by atoms with Gasteiger partial charge < -0.3 is 15.4 Å². The van der Waals surface area contributed by atoms with Gasteiger partial charge in [0.1, 0.15) is 5.75 Å². The van der Waals surface area contributed by atoms with Gasteiger partial charge in [-0.05, 0) is 55.9 Å². The van der Waals surface area contributed by atoms with E-state index in [2.05, 4.69) is 16.0 Å². The normalized spacial score (nSPS) is 10.4. The van der Waals surface area contributed by atoms with Gasteiger partial charge in [-0.1, -0.05) is 54.6 Å². The van der Waals surface area contributed by atoms with E-state index in [1.54, 1.807) is 42.5 Å². The number of ether oxygens (including phenoxy) is 1. The maximum atomic E-state index is 12.9. The summed E-state index contributed by atoms with van der Waals surface area (Å²) in [5, 5.41) is 8.56. The van der Waals surface area contributed by atoms with Crippen molar-refractivity contribution in [2.45, 2.75) is 26.3 Å². The highest BCUT2D eigenvalue weighted by Crippen LogP contribution is 2.19. The van der Waals surface area contributed by atoms with Crippen molar-refractivity contribution in [3.05, 3.63) is 95.6 Å². The summed E-state index contributed by atoms with van der Waals surface area (Å²) in [5.41, 5.74) is 2.48. The van der Waals surface area contributed by atoms with Crippen molar-refractivity contribution < 1.29 is 14.3 Å². The van der Waals surface area contributed by atoms with E-state index < -0.39 is 5.91 Å². The van der Waals surface area contributed by atoms with Gasteiger partial charge in [0.2, 0.25) is 0 Å². The number of thiocarbonyl (C=S) groups is 1. The summed E-state index contributed by atoms with van der Waals surface area (Å²) in [6.07, 6.45) is 0.728. The Bertz CT molecular complexity index is 1120. The summed E-state index contributed by atoms with van der Waals surface area (Å²) in [5.74, 6) is -0.142. The highest BCUT2D eigenvalue weighted by Gasteiger charge is 2.16. The summed E-state index contributed by atoms with van der Waals surface area (Å²) in [4.78, 5) is 25.3. The Balaban J connectivity index is 1.63. The zero-order valence-corrected chi connectivity index (χ0v) is 19.4. The van der Waals surface area contributed by atoms with Gasteiger partial charge in [0.15, 0.2) is 5.11 Å². The van der Waals surface area contributed by atoms with Gasteiger partial charge in [-0.3, -0.25) is 14.9 Å². The van der Waals surface area contributed by atoms with Crippen LogP contribution in [-0.2, 0) is 6.42 Å². The second-order valence-electron chi connectivity index (χ2n) is 7.66. The topological polar surface area (TPSA) is 79.5 Å². The molecule has 3 rings (SSSR count). The van der Waals surface area contributed by atoms with E-state index >= 15 is 0 Å². The number of hydrogen-bond donors (Lipinski definition) is 3. The second kappa shape index (κ2) is 11.8. The van der Waals surface area contributed by atoms with E-state index in [9.17, 15) is 9.59 Å². The fourth-order valence-electron chi connectivity index (χ4n) is 3.16. The monoisotopic (exact) mass is 461 g/mol. The average molecular weight is 462 g/mol. The van der Waals surface area contributed by atoms with E-state index in [1.807, 2.05) is 50.2 Å². The van der Waals surface area contributed by atoms with Crippen molar-refractivity contribution in [3.63, 3.8) is 0 Å². The van der Waals surface area contributed by atoms with E-state index in [0.717, 1.165) is 12.0 Å². The summed E-state index contributed by atoms with van der Waals surface area (Å²) in [6, 6.07) is 24.0. The molecule has 0 fully saturated rings. The summed E-state index contributed by atoms with van der Waals surface area (Å²) >= 11 is 5.33. The Morgan fingerprint density at radius 1 is 0.848 bits per heavy atom. The van der Waals surface area contributed by atoms with Crippen molar-refractivity contribution in [3.8, 4) is 5.75 Å². The van der Waals surface area contributed by atoms with Gasteiger partial charge in [0.25, 0.3) is 11.8 Å². The molecule has 0 spiro atoms. The minimum Gasteiger partial charge on any atom is -0.492 e. The zero-order chi connectivity index (χ0) is 23.6. The summed E-state index contributed by atoms with van der Waals surface area (Å²) in [6.45, 7) is 4.21. The van der Waals surface area contributed by atoms with Crippen LogP contribution in [0, 0.1) is 0 Å². The second-order valence-corrected chi connectivity index (χ2v) is 8.07. The van der Waals surface area contributed by atoms with Crippen LogP contribution in [0.25, 0.3) is 0 Å². The van der Waals surface area contributed by atoms with Crippen LogP contribution in [-0.4, -0.2) is 29.6 Å². The molecule has 0 saturated heterocycles. The van der Waals surface area contributed by atoms with E-state index in [1.165, 1.54) is 0 Å². The number of amides is 2. The lowest BCUT2D eigenvalue weighted by Gasteiger charge is -2.15. The first-order valence-corrected chi connectivity index (χ1v) is 11.1. The molecule has 0 unspecified atom stereocenters. The molecule has 3 aromatic rings. The Hall–Kier alpha value is -3.71. The average Bonchev–Trinajstić information content (AvgIpc) is 2.80. The van der Waals surface area contributed by atoms with Crippen molar-refractivity contribution in [1.29, 1.82) is 0 Å². The quantitative estimate of drug-likeness (QED) is 0.428. The standard InChI is InChI=1S/C26H27N3O3S/c1-18(2)27-24(30)20-12-6-8-14-22(20)28-26(33)29-25(31)21-13-7-9-15-23(21)32-17-16-19-10-4-3-5-11-19/h3-15,18H,16-17H2,1-2H3,(H,27,30)(H2,28,29,31,33). The number of rotatable bonds is 8. The first-order chi connectivity index (χ1) is 15.9. The van der Waals surface area contributed by atoms with Crippen LogP contribution >= 0.6 is 12.2 Å². The third-order valence-electron chi connectivity index (χ3n) is 4.69. The maximum Gasteiger partial charge on any atom is 0.261 e.